The number of hydrogen-bond donors (Lipinski definition) is 2. The first-order valence-corrected chi connectivity index (χ1v) is 11.4. The Morgan fingerprint density at radius 3 is 2.31 bits per heavy atom. The van der Waals surface area contributed by atoms with Gasteiger partial charge in [-0.05, 0) is 36.8 Å². The van der Waals surface area contributed by atoms with Gasteiger partial charge in [0, 0.05) is 13.2 Å². The van der Waals surface area contributed by atoms with E-state index in [1.807, 2.05) is 0 Å². The third-order valence-electron chi connectivity index (χ3n) is 4.07. The van der Waals surface area contributed by atoms with Crippen molar-refractivity contribution < 1.29 is 21.6 Å². The molecule has 0 amide bonds. The Morgan fingerprint density at radius 2 is 1.66 bits per heavy atom. The summed E-state index contributed by atoms with van der Waals surface area (Å²) in [5.41, 5.74) is 0.963. The van der Waals surface area contributed by atoms with Crippen molar-refractivity contribution in [3.63, 3.8) is 0 Å². The Morgan fingerprint density at radius 1 is 0.966 bits per heavy atom. The maximum atomic E-state index is 12.8. The molecule has 1 aromatic heterocycles. The van der Waals surface area contributed by atoms with Crippen LogP contribution >= 0.6 is 0 Å². The molecule has 0 saturated heterocycles. The van der Waals surface area contributed by atoms with Gasteiger partial charge in [-0.1, -0.05) is 18.2 Å². The van der Waals surface area contributed by atoms with Crippen molar-refractivity contribution in [2.45, 2.75) is 16.8 Å². The largest absolute Gasteiger partial charge is 0.495 e. The van der Waals surface area contributed by atoms with E-state index < -0.39 is 20.0 Å². The molecule has 0 unspecified atom stereocenters. The van der Waals surface area contributed by atoms with E-state index in [4.69, 9.17) is 4.74 Å². The molecular formula is C18H20N4O5S2. The van der Waals surface area contributed by atoms with Crippen LogP contribution in [0.3, 0.4) is 0 Å². The van der Waals surface area contributed by atoms with E-state index >= 15 is 0 Å². The van der Waals surface area contributed by atoms with Gasteiger partial charge in [-0.3, -0.25) is 9.44 Å². The lowest BCUT2D eigenvalue weighted by Gasteiger charge is -2.14. The topological polar surface area (TPSA) is 119 Å². The van der Waals surface area contributed by atoms with E-state index in [0.29, 0.717) is 11.3 Å². The van der Waals surface area contributed by atoms with Crippen LogP contribution in [0.1, 0.15) is 5.56 Å². The number of ether oxygens (including phenoxy) is 1. The fourth-order valence-electron chi connectivity index (χ4n) is 2.54. The van der Waals surface area contributed by atoms with Crippen LogP contribution in [0.25, 0.3) is 0 Å². The van der Waals surface area contributed by atoms with Crippen molar-refractivity contribution in [2.75, 3.05) is 16.6 Å². The number of hydrogen-bond acceptors (Lipinski definition) is 6. The highest BCUT2D eigenvalue weighted by Gasteiger charge is 2.21. The monoisotopic (exact) mass is 436 g/mol. The summed E-state index contributed by atoms with van der Waals surface area (Å²) >= 11 is 0. The van der Waals surface area contributed by atoms with Gasteiger partial charge in [-0.2, -0.15) is 8.42 Å². The number of aryl methyl sites for hydroxylation is 2. The quantitative estimate of drug-likeness (QED) is 0.587. The molecule has 0 atom stereocenters. The molecule has 0 radical (unpaired) electrons. The normalized spacial score (nSPS) is 11.8. The molecule has 2 aromatic carbocycles. The molecule has 3 aromatic rings. The summed E-state index contributed by atoms with van der Waals surface area (Å²) in [6, 6.07) is 10.7. The van der Waals surface area contributed by atoms with Crippen molar-refractivity contribution in [3.8, 4) is 5.75 Å². The second-order valence-electron chi connectivity index (χ2n) is 6.27. The number of methoxy groups -OCH3 is 1. The zero-order valence-corrected chi connectivity index (χ0v) is 17.6. The first-order valence-electron chi connectivity index (χ1n) is 8.40. The molecule has 154 valence electrons. The average Bonchev–Trinajstić information content (AvgIpc) is 3.11. The molecular weight excluding hydrogens is 416 g/mol. The molecule has 0 fully saturated rings. The maximum Gasteiger partial charge on any atom is 0.280 e. The molecule has 0 bridgehead atoms. The van der Waals surface area contributed by atoms with Crippen molar-refractivity contribution in [3.05, 3.63) is 60.6 Å². The highest BCUT2D eigenvalue weighted by molar-refractivity contribution is 7.93. The van der Waals surface area contributed by atoms with Gasteiger partial charge in [0.1, 0.15) is 5.75 Å². The van der Waals surface area contributed by atoms with Gasteiger partial charge in [0.15, 0.2) is 5.03 Å². The van der Waals surface area contributed by atoms with E-state index in [9.17, 15) is 16.8 Å². The number of rotatable bonds is 7. The molecule has 0 saturated carbocycles. The van der Waals surface area contributed by atoms with Gasteiger partial charge in [-0.25, -0.2) is 13.4 Å². The SMILES string of the molecule is COc1ccccc1NS(=O)(=O)c1ccc(C)c(NS(=O)(=O)c2cn(C)cn2)c1. The Bertz CT molecular complexity index is 1250. The number of nitrogens with zero attached hydrogens (tertiary/aromatic N) is 2. The molecule has 29 heavy (non-hydrogen) atoms. The van der Waals surface area contributed by atoms with E-state index in [1.54, 1.807) is 38.2 Å². The highest BCUT2D eigenvalue weighted by Crippen LogP contribution is 2.28. The molecule has 0 spiro atoms. The van der Waals surface area contributed by atoms with Gasteiger partial charge in [-0.15, -0.1) is 0 Å². The van der Waals surface area contributed by atoms with E-state index in [1.165, 1.54) is 42.4 Å². The second-order valence-corrected chi connectivity index (χ2v) is 9.58. The van der Waals surface area contributed by atoms with Crippen LogP contribution in [-0.2, 0) is 27.1 Å². The van der Waals surface area contributed by atoms with Crippen molar-refractivity contribution in [1.29, 1.82) is 0 Å². The average molecular weight is 437 g/mol. The zero-order chi connectivity index (χ0) is 21.2. The summed E-state index contributed by atoms with van der Waals surface area (Å²) in [5, 5.41) is -0.167. The third kappa shape index (κ3) is 4.51. The van der Waals surface area contributed by atoms with Crippen LogP contribution < -0.4 is 14.2 Å². The molecule has 0 aliphatic rings. The summed E-state index contributed by atoms with van der Waals surface area (Å²) in [4.78, 5) is 3.72. The number of para-hydroxylation sites is 2. The Hall–Kier alpha value is -3.05. The summed E-state index contributed by atoms with van der Waals surface area (Å²) in [6.45, 7) is 1.67. The van der Waals surface area contributed by atoms with Crippen LogP contribution in [0, 0.1) is 6.92 Å². The lowest BCUT2D eigenvalue weighted by Crippen LogP contribution is -2.17. The molecule has 3 rings (SSSR count). The number of aromatic nitrogens is 2. The zero-order valence-electron chi connectivity index (χ0n) is 15.9. The molecule has 1 heterocycles. The second kappa shape index (κ2) is 7.76. The highest BCUT2D eigenvalue weighted by atomic mass is 32.2. The van der Waals surface area contributed by atoms with Crippen LogP contribution in [0.15, 0.2) is 64.9 Å². The fourth-order valence-corrected chi connectivity index (χ4v) is 4.74. The van der Waals surface area contributed by atoms with Gasteiger partial charge in [0.05, 0.1) is 29.7 Å². The number of sulfonamides is 2. The predicted molar refractivity (Wildman–Crippen MR) is 109 cm³/mol. The first kappa shape index (κ1) is 20.7. The minimum absolute atomic E-state index is 0.104. The lowest BCUT2D eigenvalue weighted by molar-refractivity contribution is 0.417. The molecule has 11 heteroatoms. The number of nitrogens with one attached hydrogen (secondary N) is 2. The van der Waals surface area contributed by atoms with Crippen LogP contribution in [0.4, 0.5) is 11.4 Å². The maximum absolute atomic E-state index is 12.8. The smallest absolute Gasteiger partial charge is 0.280 e. The minimum atomic E-state index is -3.99. The molecule has 2 N–H and O–H groups in total. The van der Waals surface area contributed by atoms with E-state index in [2.05, 4.69) is 14.4 Å². The fraction of sp³-hybridized carbons (Fsp3) is 0.167. The van der Waals surface area contributed by atoms with Gasteiger partial charge < -0.3 is 9.30 Å². The Balaban J connectivity index is 1.94. The van der Waals surface area contributed by atoms with Gasteiger partial charge >= 0.3 is 0 Å². The van der Waals surface area contributed by atoms with Gasteiger partial charge in [0.25, 0.3) is 20.0 Å². The van der Waals surface area contributed by atoms with E-state index in [0.717, 1.165) is 0 Å². The minimum Gasteiger partial charge on any atom is -0.495 e. The van der Waals surface area contributed by atoms with Crippen molar-refractivity contribution in [2.24, 2.45) is 7.05 Å². The predicted octanol–water partition coefficient (Wildman–Crippen LogP) is 2.34. The van der Waals surface area contributed by atoms with Crippen molar-refractivity contribution in [1.82, 2.24) is 9.55 Å². The van der Waals surface area contributed by atoms with Crippen LogP contribution in [0.2, 0.25) is 0 Å². The summed E-state index contributed by atoms with van der Waals surface area (Å²) < 4.78 is 62.2. The molecule has 0 aliphatic heterocycles. The van der Waals surface area contributed by atoms with Crippen LogP contribution in [0.5, 0.6) is 5.75 Å². The van der Waals surface area contributed by atoms with Crippen LogP contribution in [-0.4, -0.2) is 33.5 Å². The first-order chi connectivity index (χ1) is 13.6. The number of anilines is 2. The third-order valence-corrected chi connectivity index (χ3v) is 6.68. The summed E-state index contributed by atoms with van der Waals surface area (Å²) in [6.07, 6.45) is 2.71. The summed E-state index contributed by atoms with van der Waals surface area (Å²) in [7, 11) is -4.87. The Labute approximate surface area is 169 Å². The number of benzene rings is 2. The van der Waals surface area contributed by atoms with E-state index in [-0.39, 0.29) is 21.3 Å². The summed E-state index contributed by atoms with van der Waals surface area (Å²) in [5.74, 6) is 0.360. The van der Waals surface area contributed by atoms with Crippen molar-refractivity contribution >= 4 is 31.4 Å². The molecule has 0 aliphatic carbocycles. The number of imidazole rings is 1. The molecule has 9 nitrogen and oxygen atoms in total. The lowest BCUT2D eigenvalue weighted by atomic mass is 10.2. The Kier molecular flexibility index (Phi) is 5.53. The van der Waals surface area contributed by atoms with Gasteiger partial charge in [0.2, 0.25) is 0 Å². The standard InChI is InChI=1S/C18H20N4O5S2/c1-13-8-9-14(28(23,24)20-15-6-4-5-7-17(15)27-3)10-16(13)21-29(25,26)18-11-22(2)12-19-18/h4-12,20-21H,1-3H3.